The van der Waals surface area contributed by atoms with Crippen LogP contribution in [-0.2, 0) is 4.79 Å². The number of Topliss-reactive ketones (excluding diaryl/α,β-unsaturated/α-hetero) is 1. The molecular weight excluding hydrogens is 232 g/mol. The van der Waals surface area contributed by atoms with Crippen LogP contribution < -0.4 is 0 Å². The molecule has 0 bridgehead atoms. The maximum atomic E-state index is 12.5. The van der Waals surface area contributed by atoms with Crippen molar-refractivity contribution in [2.75, 3.05) is 0 Å². The minimum Gasteiger partial charge on any atom is -0.299 e. The van der Waals surface area contributed by atoms with Crippen molar-refractivity contribution < 1.29 is 4.79 Å². The molecule has 0 aliphatic heterocycles. The molecule has 1 nitrogen and oxygen atoms in total. The molecule has 1 saturated carbocycles. The standard InChI is InChI=1S/C18H28O/c1-6-7-11-17(4)14(3)15(19)12-18(5)13(2)9-8-10-16(17)18/h6,9,14,16H,1,7-8,10-12H2,2-5H3/t14-,16-,17+,18+/m1/s1. The van der Waals surface area contributed by atoms with Crippen LogP contribution in [0.25, 0.3) is 0 Å². The highest BCUT2D eigenvalue weighted by molar-refractivity contribution is 5.84. The van der Waals surface area contributed by atoms with Gasteiger partial charge in [-0.25, -0.2) is 0 Å². The highest BCUT2D eigenvalue weighted by Crippen LogP contribution is 2.60. The number of ketones is 1. The fraction of sp³-hybridized carbons (Fsp3) is 0.722. The molecule has 0 N–H and O–H groups in total. The second-order valence-corrected chi connectivity index (χ2v) is 7.13. The maximum Gasteiger partial charge on any atom is 0.137 e. The third kappa shape index (κ3) is 2.11. The number of carbonyl (C=O) groups is 1. The molecule has 19 heavy (non-hydrogen) atoms. The second kappa shape index (κ2) is 4.92. The minimum absolute atomic E-state index is 0.0950. The van der Waals surface area contributed by atoms with E-state index in [0.29, 0.717) is 11.7 Å². The van der Waals surface area contributed by atoms with Crippen LogP contribution in [0.5, 0.6) is 0 Å². The van der Waals surface area contributed by atoms with E-state index in [1.54, 1.807) is 0 Å². The molecule has 0 saturated heterocycles. The van der Waals surface area contributed by atoms with Crippen LogP contribution in [0.3, 0.4) is 0 Å². The Balaban J connectivity index is 2.43. The van der Waals surface area contributed by atoms with Crippen LogP contribution in [0.15, 0.2) is 24.3 Å². The summed E-state index contributed by atoms with van der Waals surface area (Å²) in [6.07, 6.45) is 9.62. The van der Waals surface area contributed by atoms with Gasteiger partial charge in [0, 0.05) is 12.3 Å². The lowest BCUT2D eigenvalue weighted by Gasteiger charge is -2.57. The van der Waals surface area contributed by atoms with E-state index in [1.165, 1.54) is 18.4 Å². The molecule has 106 valence electrons. The highest BCUT2D eigenvalue weighted by atomic mass is 16.1. The Kier molecular flexibility index (Phi) is 3.77. The van der Waals surface area contributed by atoms with Gasteiger partial charge in [0.05, 0.1) is 0 Å². The Hall–Kier alpha value is -0.850. The van der Waals surface area contributed by atoms with Gasteiger partial charge in [0.1, 0.15) is 5.78 Å². The van der Waals surface area contributed by atoms with Gasteiger partial charge in [-0.1, -0.05) is 38.5 Å². The number of rotatable bonds is 3. The minimum atomic E-state index is 0.0950. The summed E-state index contributed by atoms with van der Waals surface area (Å²) in [5.41, 5.74) is 1.67. The molecule has 4 atom stereocenters. The molecular formula is C18H28O. The Morgan fingerprint density at radius 2 is 2.16 bits per heavy atom. The first-order chi connectivity index (χ1) is 8.86. The molecule has 0 amide bonds. The Labute approximate surface area is 118 Å². The van der Waals surface area contributed by atoms with E-state index < -0.39 is 0 Å². The molecule has 0 unspecified atom stereocenters. The summed E-state index contributed by atoms with van der Waals surface area (Å²) >= 11 is 0. The van der Waals surface area contributed by atoms with E-state index >= 15 is 0 Å². The van der Waals surface area contributed by atoms with Crippen LogP contribution in [0.4, 0.5) is 0 Å². The summed E-state index contributed by atoms with van der Waals surface area (Å²) in [6, 6.07) is 0. The van der Waals surface area contributed by atoms with Crippen molar-refractivity contribution in [1.82, 2.24) is 0 Å². The lowest BCUT2D eigenvalue weighted by atomic mass is 9.46. The van der Waals surface area contributed by atoms with Crippen LogP contribution in [0.1, 0.15) is 59.8 Å². The summed E-state index contributed by atoms with van der Waals surface area (Å²) < 4.78 is 0. The Bertz CT molecular complexity index is 419. The van der Waals surface area contributed by atoms with E-state index in [1.807, 2.05) is 6.08 Å². The largest absolute Gasteiger partial charge is 0.299 e. The third-order valence-corrected chi connectivity index (χ3v) is 6.27. The van der Waals surface area contributed by atoms with Crippen molar-refractivity contribution in [2.45, 2.75) is 59.8 Å². The first-order valence-corrected chi connectivity index (χ1v) is 7.67. The van der Waals surface area contributed by atoms with Crippen LogP contribution in [-0.4, -0.2) is 5.78 Å². The lowest BCUT2D eigenvalue weighted by molar-refractivity contribution is -0.142. The van der Waals surface area contributed by atoms with Gasteiger partial charge >= 0.3 is 0 Å². The van der Waals surface area contributed by atoms with Gasteiger partial charge in [0.25, 0.3) is 0 Å². The van der Waals surface area contributed by atoms with Crippen LogP contribution in [0, 0.1) is 22.7 Å². The van der Waals surface area contributed by atoms with Crippen molar-refractivity contribution in [2.24, 2.45) is 22.7 Å². The van der Waals surface area contributed by atoms with Gasteiger partial charge in [-0.05, 0) is 49.4 Å². The van der Waals surface area contributed by atoms with E-state index in [9.17, 15) is 4.79 Å². The van der Waals surface area contributed by atoms with Crippen molar-refractivity contribution in [3.8, 4) is 0 Å². The third-order valence-electron chi connectivity index (χ3n) is 6.27. The molecule has 0 aromatic rings. The van der Waals surface area contributed by atoms with Gasteiger partial charge in [0.15, 0.2) is 0 Å². The van der Waals surface area contributed by atoms with Gasteiger partial charge in [-0.3, -0.25) is 4.79 Å². The zero-order valence-electron chi connectivity index (χ0n) is 13.0. The smallest absolute Gasteiger partial charge is 0.137 e. The molecule has 1 fully saturated rings. The lowest BCUT2D eigenvalue weighted by Crippen LogP contribution is -2.53. The zero-order valence-corrected chi connectivity index (χ0v) is 13.0. The first kappa shape index (κ1) is 14.6. The van der Waals surface area contributed by atoms with Gasteiger partial charge < -0.3 is 0 Å². The molecule has 0 heterocycles. The summed E-state index contributed by atoms with van der Waals surface area (Å²) in [5, 5.41) is 0. The van der Waals surface area contributed by atoms with Gasteiger partial charge in [-0.2, -0.15) is 0 Å². The number of fused-ring (bicyclic) bond motifs is 1. The molecule has 0 radical (unpaired) electrons. The van der Waals surface area contributed by atoms with E-state index in [4.69, 9.17) is 0 Å². The first-order valence-electron chi connectivity index (χ1n) is 7.67. The molecule has 0 aromatic heterocycles. The maximum absolute atomic E-state index is 12.5. The number of hydrogen-bond donors (Lipinski definition) is 0. The van der Waals surface area contributed by atoms with Crippen LogP contribution >= 0.6 is 0 Å². The van der Waals surface area contributed by atoms with Gasteiger partial charge in [-0.15, -0.1) is 6.58 Å². The summed E-state index contributed by atoms with van der Waals surface area (Å²) in [5.74, 6) is 1.29. The predicted octanol–water partition coefficient (Wildman–Crippen LogP) is 4.93. The topological polar surface area (TPSA) is 17.1 Å². The summed E-state index contributed by atoms with van der Waals surface area (Å²) in [4.78, 5) is 12.5. The zero-order chi connectivity index (χ0) is 14.3. The fourth-order valence-electron chi connectivity index (χ4n) is 4.60. The molecule has 2 rings (SSSR count). The Morgan fingerprint density at radius 3 is 2.79 bits per heavy atom. The van der Waals surface area contributed by atoms with Gasteiger partial charge in [0.2, 0.25) is 0 Å². The SMILES string of the molecule is C=CCC[C@@]1(C)[C@H](C)C(=O)C[C@@]2(C)C(C)=CCC[C@H]12. The molecule has 0 spiro atoms. The fourth-order valence-corrected chi connectivity index (χ4v) is 4.60. The van der Waals surface area contributed by atoms with E-state index in [2.05, 4.69) is 40.3 Å². The number of hydrogen-bond acceptors (Lipinski definition) is 1. The van der Waals surface area contributed by atoms with Crippen molar-refractivity contribution in [3.63, 3.8) is 0 Å². The van der Waals surface area contributed by atoms with Crippen molar-refractivity contribution >= 4 is 5.78 Å². The molecule has 1 heteroatoms. The molecule has 2 aliphatic rings. The van der Waals surface area contributed by atoms with E-state index in [-0.39, 0.29) is 16.7 Å². The highest BCUT2D eigenvalue weighted by Gasteiger charge is 2.55. The van der Waals surface area contributed by atoms with E-state index in [0.717, 1.165) is 19.3 Å². The second-order valence-electron chi connectivity index (χ2n) is 7.13. The quantitative estimate of drug-likeness (QED) is 0.657. The Morgan fingerprint density at radius 1 is 1.47 bits per heavy atom. The summed E-state index contributed by atoms with van der Waals surface area (Å²) in [7, 11) is 0. The average molecular weight is 260 g/mol. The average Bonchev–Trinajstić information content (AvgIpc) is 2.37. The monoisotopic (exact) mass is 260 g/mol. The number of carbonyl (C=O) groups excluding carboxylic acids is 1. The van der Waals surface area contributed by atoms with Crippen molar-refractivity contribution in [3.05, 3.63) is 24.3 Å². The predicted molar refractivity (Wildman–Crippen MR) is 80.9 cm³/mol. The normalized spacial score (nSPS) is 42.5. The molecule has 2 aliphatic carbocycles. The van der Waals surface area contributed by atoms with Crippen molar-refractivity contribution in [1.29, 1.82) is 0 Å². The number of allylic oxidation sites excluding steroid dienone is 3. The summed E-state index contributed by atoms with van der Waals surface area (Å²) in [6.45, 7) is 12.9. The van der Waals surface area contributed by atoms with Crippen LogP contribution in [0.2, 0.25) is 0 Å². The molecule has 0 aromatic carbocycles.